The molecule has 0 fully saturated rings. The van der Waals surface area contributed by atoms with Crippen LogP contribution < -0.4 is 5.32 Å². The fourth-order valence-electron chi connectivity index (χ4n) is 1.13. The molecule has 1 aromatic heterocycles. The molecule has 14 heavy (non-hydrogen) atoms. The highest BCUT2D eigenvalue weighted by atomic mass is 79.9. The maximum absolute atomic E-state index is 11.1. The summed E-state index contributed by atoms with van der Waals surface area (Å²) in [5, 5.41) is 11.6. The van der Waals surface area contributed by atoms with Crippen LogP contribution in [0.5, 0.6) is 0 Å². The van der Waals surface area contributed by atoms with E-state index in [2.05, 4.69) is 26.2 Å². The van der Waals surface area contributed by atoms with Gasteiger partial charge in [0.25, 0.3) is 0 Å². The Morgan fingerprint density at radius 1 is 1.71 bits per heavy atom. The van der Waals surface area contributed by atoms with Gasteiger partial charge in [-0.1, -0.05) is 0 Å². The minimum absolute atomic E-state index is 0.0544. The molecule has 0 aromatic carbocycles. The molecule has 1 aliphatic heterocycles. The van der Waals surface area contributed by atoms with Crippen molar-refractivity contribution in [1.82, 2.24) is 4.98 Å². The molecule has 2 N–H and O–H groups in total. The first kappa shape index (κ1) is 9.95. The number of hydrogen-bond donors (Lipinski definition) is 2. The maximum Gasteiger partial charge on any atom is 0.235 e. The zero-order chi connectivity index (χ0) is 10.1. The number of rotatable bonds is 1. The Morgan fingerprint density at radius 2 is 2.50 bits per heavy atom. The zero-order valence-electron chi connectivity index (χ0n) is 7.08. The van der Waals surface area contributed by atoms with Crippen molar-refractivity contribution in [2.75, 3.05) is 11.1 Å². The first-order valence-electron chi connectivity index (χ1n) is 3.93. The number of halogens is 1. The number of aliphatic hydroxyl groups is 1. The number of carbonyl (C=O) groups is 1. The Balaban J connectivity index is 2.46. The van der Waals surface area contributed by atoms with Gasteiger partial charge >= 0.3 is 0 Å². The zero-order valence-corrected chi connectivity index (χ0v) is 9.48. The molecular formula is C8H7BrN2O2S. The van der Waals surface area contributed by atoms with E-state index in [4.69, 9.17) is 5.11 Å². The number of nitrogens with one attached hydrogen (secondary N) is 1. The number of fused-ring (bicyclic) bond motifs is 1. The Morgan fingerprint density at radius 3 is 3.21 bits per heavy atom. The van der Waals surface area contributed by atoms with Crippen LogP contribution in [0.1, 0.15) is 5.69 Å². The van der Waals surface area contributed by atoms with Gasteiger partial charge in [-0.2, -0.15) is 0 Å². The lowest BCUT2D eigenvalue weighted by Gasteiger charge is -2.16. The molecule has 0 aliphatic carbocycles. The first-order valence-corrected chi connectivity index (χ1v) is 5.71. The Bertz CT molecular complexity index is 397. The highest BCUT2D eigenvalue weighted by molar-refractivity contribution is 9.10. The Kier molecular flexibility index (Phi) is 2.76. The van der Waals surface area contributed by atoms with Crippen LogP contribution in [-0.2, 0) is 11.4 Å². The van der Waals surface area contributed by atoms with Gasteiger partial charge in [0.2, 0.25) is 5.91 Å². The van der Waals surface area contributed by atoms with Crippen LogP contribution in [0.15, 0.2) is 15.4 Å². The van der Waals surface area contributed by atoms with Gasteiger partial charge in [0.1, 0.15) is 5.82 Å². The quantitative estimate of drug-likeness (QED) is 0.812. The van der Waals surface area contributed by atoms with Gasteiger partial charge in [-0.05, 0) is 22.0 Å². The average Bonchev–Trinajstić information content (AvgIpc) is 2.17. The smallest absolute Gasteiger partial charge is 0.235 e. The van der Waals surface area contributed by atoms with Crippen LogP contribution in [-0.4, -0.2) is 21.8 Å². The highest BCUT2D eigenvalue weighted by Gasteiger charge is 2.18. The van der Waals surface area contributed by atoms with Gasteiger partial charge in [-0.3, -0.25) is 4.79 Å². The lowest BCUT2D eigenvalue weighted by molar-refractivity contribution is -0.113. The summed E-state index contributed by atoms with van der Waals surface area (Å²) in [5.74, 6) is 0.902. The molecular weight excluding hydrogens is 268 g/mol. The number of carbonyl (C=O) groups excluding carboxylic acids is 1. The van der Waals surface area contributed by atoms with Gasteiger partial charge in [0.15, 0.2) is 0 Å². The average molecular weight is 275 g/mol. The molecule has 0 saturated heterocycles. The third-order valence-corrected chi connectivity index (χ3v) is 3.50. The van der Waals surface area contributed by atoms with E-state index >= 15 is 0 Å². The van der Waals surface area contributed by atoms with E-state index in [0.29, 0.717) is 17.3 Å². The number of aromatic nitrogens is 1. The second-order valence-electron chi connectivity index (χ2n) is 2.76. The normalized spacial score (nSPS) is 14.9. The topological polar surface area (TPSA) is 62.2 Å². The van der Waals surface area contributed by atoms with E-state index in [1.807, 2.05) is 6.07 Å². The third kappa shape index (κ3) is 1.77. The third-order valence-electron chi connectivity index (χ3n) is 1.78. The van der Waals surface area contributed by atoms with E-state index in [9.17, 15) is 4.79 Å². The molecule has 2 rings (SSSR count). The molecule has 0 radical (unpaired) electrons. The summed E-state index contributed by atoms with van der Waals surface area (Å²) in [6.45, 7) is -0.144. The number of amides is 1. The van der Waals surface area contributed by atoms with Crippen molar-refractivity contribution in [3.8, 4) is 0 Å². The lowest BCUT2D eigenvalue weighted by atomic mass is 10.3. The van der Waals surface area contributed by atoms with Crippen molar-refractivity contribution in [1.29, 1.82) is 0 Å². The van der Waals surface area contributed by atoms with Crippen molar-refractivity contribution < 1.29 is 9.90 Å². The largest absolute Gasteiger partial charge is 0.390 e. The van der Waals surface area contributed by atoms with Gasteiger partial charge in [-0.15, -0.1) is 11.8 Å². The van der Waals surface area contributed by atoms with Crippen LogP contribution in [0.4, 0.5) is 5.82 Å². The van der Waals surface area contributed by atoms with Gasteiger partial charge in [-0.25, -0.2) is 4.98 Å². The van der Waals surface area contributed by atoms with E-state index in [1.54, 1.807) is 0 Å². The minimum Gasteiger partial charge on any atom is -0.390 e. The molecule has 74 valence electrons. The van der Waals surface area contributed by atoms with Crippen molar-refractivity contribution in [3.05, 3.63) is 16.2 Å². The van der Waals surface area contributed by atoms with Crippen LogP contribution in [0.2, 0.25) is 0 Å². The summed E-state index contributed by atoms with van der Waals surface area (Å²) >= 11 is 4.75. The van der Waals surface area contributed by atoms with Crippen LogP contribution >= 0.6 is 27.7 Å². The van der Waals surface area contributed by atoms with E-state index in [1.165, 1.54) is 11.8 Å². The fraction of sp³-hybridized carbons (Fsp3) is 0.250. The molecule has 0 spiro atoms. The van der Waals surface area contributed by atoms with E-state index in [0.717, 1.165) is 9.37 Å². The molecule has 1 amide bonds. The summed E-state index contributed by atoms with van der Waals surface area (Å²) in [7, 11) is 0. The molecule has 0 saturated carbocycles. The molecule has 6 heteroatoms. The maximum atomic E-state index is 11.1. The molecule has 2 heterocycles. The SMILES string of the molecule is O=C1CSc2cc(Br)c(CO)nc2N1. The predicted molar refractivity (Wildman–Crippen MR) is 57.2 cm³/mol. The van der Waals surface area contributed by atoms with Crippen LogP contribution in [0.3, 0.4) is 0 Å². The van der Waals surface area contributed by atoms with Gasteiger partial charge in [0, 0.05) is 4.47 Å². The highest BCUT2D eigenvalue weighted by Crippen LogP contribution is 2.33. The molecule has 0 atom stereocenters. The van der Waals surface area contributed by atoms with Gasteiger partial charge < -0.3 is 10.4 Å². The predicted octanol–water partition coefficient (Wildman–Crippen LogP) is 1.38. The van der Waals surface area contributed by atoms with Crippen molar-refractivity contribution in [2.24, 2.45) is 0 Å². The summed E-state index contributed by atoms with van der Waals surface area (Å²) in [6, 6.07) is 1.86. The van der Waals surface area contributed by atoms with Crippen LogP contribution in [0.25, 0.3) is 0 Å². The second-order valence-corrected chi connectivity index (χ2v) is 4.63. The van der Waals surface area contributed by atoms with E-state index in [-0.39, 0.29) is 12.5 Å². The number of anilines is 1. The fourth-order valence-corrected chi connectivity index (χ4v) is 2.52. The summed E-state index contributed by atoms with van der Waals surface area (Å²) in [5.41, 5.74) is 0.534. The lowest BCUT2D eigenvalue weighted by Crippen LogP contribution is -2.20. The molecule has 1 aromatic rings. The number of hydrogen-bond acceptors (Lipinski definition) is 4. The Hall–Kier alpha value is -0.590. The first-order chi connectivity index (χ1) is 6.70. The molecule has 1 aliphatic rings. The minimum atomic E-state index is -0.144. The van der Waals surface area contributed by atoms with Gasteiger partial charge in [0.05, 0.1) is 22.9 Å². The number of pyridine rings is 1. The number of thioether (sulfide) groups is 1. The molecule has 4 nitrogen and oxygen atoms in total. The van der Waals surface area contributed by atoms with Crippen LogP contribution in [0, 0.1) is 0 Å². The van der Waals surface area contributed by atoms with Crippen molar-refractivity contribution in [2.45, 2.75) is 11.5 Å². The second kappa shape index (κ2) is 3.88. The van der Waals surface area contributed by atoms with Crippen molar-refractivity contribution >= 4 is 39.4 Å². The standard InChI is InChI=1S/C8H7BrN2O2S/c9-4-1-6-8(10-5(4)2-12)11-7(13)3-14-6/h1,12H,2-3H2,(H,10,11,13). The summed E-state index contributed by atoms with van der Waals surface area (Å²) in [6.07, 6.45) is 0. The summed E-state index contributed by atoms with van der Waals surface area (Å²) < 4.78 is 0.766. The number of nitrogens with zero attached hydrogens (tertiary/aromatic N) is 1. The summed E-state index contributed by atoms with van der Waals surface area (Å²) in [4.78, 5) is 16.1. The van der Waals surface area contributed by atoms with E-state index < -0.39 is 0 Å². The Labute approximate surface area is 93.2 Å². The number of aliphatic hydroxyl groups excluding tert-OH is 1. The monoisotopic (exact) mass is 274 g/mol. The van der Waals surface area contributed by atoms with Crippen molar-refractivity contribution in [3.63, 3.8) is 0 Å². The molecule has 0 unspecified atom stereocenters. The molecule has 0 bridgehead atoms.